The second-order valence-electron chi connectivity index (χ2n) is 6.97. The van der Waals surface area contributed by atoms with E-state index in [1.54, 1.807) is 24.4 Å². The van der Waals surface area contributed by atoms with Crippen LogP contribution in [0.15, 0.2) is 56.9 Å². The molecule has 0 atom stereocenters. The van der Waals surface area contributed by atoms with Gasteiger partial charge in [-0.05, 0) is 45.0 Å². The smallest absolute Gasteiger partial charge is 0.341 e. The second-order valence-corrected chi connectivity index (χ2v) is 7.93. The topological polar surface area (TPSA) is 99.6 Å². The van der Waals surface area contributed by atoms with Crippen LogP contribution < -0.4 is 5.56 Å². The minimum Gasteiger partial charge on any atom is -0.456 e. The second kappa shape index (κ2) is 8.73. The lowest BCUT2D eigenvalue weighted by Gasteiger charge is -2.09. The zero-order valence-electron chi connectivity index (χ0n) is 17.3. The largest absolute Gasteiger partial charge is 0.456 e. The molecule has 0 bridgehead atoms. The molecule has 0 unspecified atom stereocenters. The maximum absolute atomic E-state index is 12.7. The van der Waals surface area contributed by atoms with Gasteiger partial charge in [0.2, 0.25) is 0 Å². The molecule has 0 aliphatic carbocycles. The Morgan fingerprint density at radius 1 is 1.19 bits per heavy atom. The summed E-state index contributed by atoms with van der Waals surface area (Å²) in [5.41, 5.74) is 3.61. The highest BCUT2D eigenvalue weighted by Gasteiger charge is 2.17. The summed E-state index contributed by atoms with van der Waals surface area (Å²) in [7, 11) is 0. The molecule has 4 rings (SSSR count). The van der Waals surface area contributed by atoms with Gasteiger partial charge in [-0.2, -0.15) is 0 Å². The number of rotatable bonds is 6. The number of hydrogen-bond donors (Lipinski definition) is 0. The quantitative estimate of drug-likeness (QED) is 0.334. The number of fused-ring (bicyclic) bond motifs is 1. The summed E-state index contributed by atoms with van der Waals surface area (Å²) >= 11 is 1.41. The van der Waals surface area contributed by atoms with Gasteiger partial charge >= 0.3 is 5.97 Å². The summed E-state index contributed by atoms with van der Waals surface area (Å²) in [4.78, 5) is 33.9. The fraction of sp³-hybridized carbons (Fsp3) is 0.227. The van der Waals surface area contributed by atoms with E-state index in [1.807, 2.05) is 32.9 Å². The van der Waals surface area contributed by atoms with E-state index >= 15 is 0 Å². The van der Waals surface area contributed by atoms with Gasteiger partial charge in [0.1, 0.15) is 23.0 Å². The monoisotopic (exact) mass is 436 g/mol. The molecule has 0 saturated carbocycles. The van der Waals surface area contributed by atoms with Crippen molar-refractivity contribution in [3.63, 3.8) is 0 Å². The molecule has 0 aliphatic heterocycles. The number of carbonyl (C=O) groups is 1. The fourth-order valence-electron chi connectivity index (χ4n) is 3.16. The van der Waals surface area contributed by atoms with Crippen molar-refractivity contribution in [3.8, 4) is 0 Å². The number of aromatic nitrogens is 4. The van der Waals surface area contributed by atoms with Crippen LogP contribution in [0.5, 0.6) is 0 Å². The minimum atomic E-state index is -0.527. The molecular weight excluding hydrogens is 416 g/mol. The molecule has 0 N–H and O–H groups in total. The summed E-state index contributed by atoms with van der Waals surface area (Å²) in [5.74, 6) is 0.787. The molecule has 0 radical (unpaired) electrons. The number of aryl methyl sites for hydroxylation is 3. The first-order valence-corrected chi connectivity index (χ1v) is 10.6. The molecule has 31 heavy (non-hydrogen) atoms. The molecule has 0 aliphatic rings. The Hall–Kier alpha value is -3.46. The number of esters is 1. The highest BCUT2D eigenvalue weighted by molar-refractivity contribution is 7.98. The van der Waals surface area contributed by atoms with E-state index in [-0.39, 0.29) is 12.2 Å². The maximum Gasteiger partial charge on any atom is 0.341 e. The van der Waals surface area contributed by atoms with Crippen LogP contribution in [0.2, 0.25) is 0 Å². The van der Waals surface area contributed by atoms with E-state index in [0.717, 1.165) is 22.7 Å². The van der Waals surface area contributed by atoms with Crippen molar-refractivity contribution < 1.29 is 14.1 Å². The van der Waals surface area contributed by atoms with Gasteiger partial charge in [0.05, 0.1) is 17.0 Å². The molecule has 8 nitrogen and oxygen atoms in total. The van der Waals surface area contributed by atoms with Crippen LogP contribution in [0, 0.1) is 20.8 Å². The van der Waals surface area contributed by atoms with E-state index < -0.39 is 5.97 Å². The van der Waals surface area contributed by atoms with Crippen LogP contribution >= 0.6 is 11.8 Å². The van der Waals surface area contributed by atoms with Gasteiger partial charge in [0.25, 0.3) is 5.56 Å². The van der Waals surface area contributed by atoms with Crippen LogP contribution in [-0.4, -0.2) is 25.5 Å². The first-order valence-electron chi connectivity index (χ1n) is 9.59. The Bertz CT molecular complexity index is 1310. The van der Waals surface area contributed by atoms with Crippen LogP contribution in [0.25, 0.3) is 5.65 Å². The van der Waals surface area contributed by atoms with Crippen molar-refractivity contribution >= 4 is 23.4 Å². The molecule has 4 aromatic heterocycles. The normalized spacial score (nSPS) is 11.1. The third-order valence-corrected chi connectivity index (χ3v) is 5.84. The molecule has 4 heterocycles. The van der Waals surface area contributed by atoms with Crippen molar-refractivity contribution in [1.29, 1.82) is 0 Å². The van der Waals surface area contributed by atoms with E-state index in [0.29, 0.717) is 27.7 Å². The molecule has 0 saturated heterocycles. The van der Waals surface area contributed by atoms with Gasteiger partial charge in [0, 0.05) is 29.3 Å². The third kappa shape index (κ3) is 4.36. The number of carbonyl (C=O) groups excluding carboxylic acids is 1. The lowest BCUT2D eigenvalue weighted by molar-refractivity contribution is 0.0462. The zero-order valence-corrected chi connectivity index (χ0v) is 18.1. The molecule has 4 aromatic rings. The standard InChI is InChI=1S/C22H20N4O4S/c1-13-6-4-8-19-24-16(10-20(27)26(13)19)11-29-22(28)17-7-5-9-23-21(17)31-12-18-14(2)25-30-15(18)3/h4-10H,11-12H2,1-3H3. The third-order valence-electron chi connectivity index (χ3n) is 4.81. The maximum atomic E-state index is 12.7. The molecule has 158 valence electrons. The van der Waals surface area contributed by atoms with Gasteiger partial charge in [-0.25, -0.2) is 14.8 Å². The van der Waals surface area contributed by atoms with E-state index in [4.69, 9.17) is 9.26 Å². The molecule has 0 fully saturated rings. The summed E-state index contributed by atoms with van der Waals surface area (Å²) in [6, 6.07) is 10.1. The van der Waals surface area contributed by atoms with Gasteiger partial charge in [-0.3, -0.25) is 9.20 Å². The van der Waals surface area contributed by atoms with Crippen LogP contribution in [0.4, 0.5) is 0 Å². The fourth-order valence-corrected chi connectivity index (χ4v) is 4.30. The molecule has 9 heteroatoms. The van der Waals surface area contributed by atoms with Gasteiger partial charge < -0.3 is 9.26 Å². The first kappa shape index (κ1) is 20.8. The van der Waals surface area contributed by atoms with Crippen LogP contribution in [0.1, 0.15) is 38.8 Å². The first-order chi connectivity index (χ1) is 14.9. The SMILES string of the molecule is Cc1noc(C)c1CSc1ncccc1C(=O)OCc1cc(=O)n2c(C)cccc2n1. The van der Waals surface area contributed by atoms with E-state index in [9.17, 15) is 9.59 Å². The molecule has 0 spiro atoms. The van der Waals surface area contributed by atoms with Crippen molar-refractivity contribution in [3.05, 3.63) is 86.9 Å². The highest BCUT2D eigenvalue weighted by atomic mass is 32.2. The van der Waals surface area contributed by atoms with Crippen molar-refractivity contribution in [2.45, 2.75) is 38.2 Å². The van der Waals surface area contributed by atoms with Crippen LogP contribution in [0.3, 0.4) is 0 Å². The van der Waals surface area contributed by atoms with Crippen molar-refractivity contribution in [1.82, 2.24) is 19.5 Å². The highest BCUT2D eigenvalue weighted by Crippen LogP contribution is 2.27. The summed E-state index contributed by atoms with van der Waals surface area (Å²) in [6.07, 6.45) is 1.63. The number of thioether (sulfide) groups is 1. The Kier molecular flexibility index (Phi) is 5.85. The Morgan fingerprint density at radius 3 is 2.81 bits per heavy atom. The summed E-state index contributed by atoms with van der Waals surface area (Å²) < 4.78 is 12.1. The van der Waals surface area contributed by atoms with Gasteiger partial charge in [-0.1, -0.05) is 11.2 Å². The Balaban J connectivity index is 1.49. The Labute approximate surface area is 182 Å². The average molecular weight is 436 g/mol. The summed E-state index contributed by atoms with van der Waals surface area (Å²) in [5, 5.41) is 4.50. The lowest BCUT2D eigenvalue weighted by Crippen LogP contribution is -2.18. The number of ether oxygens (including phenoxy) is 1. The summed E-state index contributed by atoms with van der Waals surface area (Å²) in [6.45, 7) is 5.45. The van der Waals surface area contributed by atoms with Gasteiger partial charge in [-0.15, -0.1) is 11.8 Å². The van der Waals surface area contributed by atoms with Gasteiger partial charge in [0.15, 0.2) is 0 Å². The number of nitrogens with zero attached hydrogens (tertiary/aromatic N) is 4. The minimum absolute atomic E-state index is 0.110. The molecule has 0 amide bonds. The Morgan fingerprint density at radius 2 is 2.03 bits per heavy atom. The predicted octanol–water partition coefficient (Wildman–Crippen LogP) is 3.65. The van der Waals surface area contributed by atoms with Crippen molar-refractivity contribution in [2.75, 3.05) is 0 Å². The molecule has 0 aromatic carbocycles. The number of pyridine rings is 2. The zero-order chi connectivity index (χ0) is 22.0. The van der Waals surface area contributed by atoms with Crippen molar-refractivity contribution in [2.24, 2.45) is 0 Å². The van der Waals surface area contributed by atoms with Crippen LogP contribution in [-0.2, 0) is 17.1 Å². The molecular formula is C22H20N4O4S. The predicted molar refractivity (Wildman–Crippen MR) is 115 cm³/mol. The van der Waals surface area contributed by atoms with E-state index in [2.05, 4.69) is 15.1 Å². The number of hydrogen-bond acceptors (Lipinski definition) is 8. The lowest BCUT2D eigenvalue weighted by atomic mass is 10.2. The van der Waals surface area contributed by atoms with E-state index in [1.165, 1.54) is 22.2 Å². The average Bonchev–Trinajstić information content (AvgIpc) is 3.08.